The summed E-state index contributed by atoms with van der Waals surface area (Å²) in [5.74, 6) is 0.832. The van der Waals surface area contributed by atoms with Gasteiger partial charge in [0.2, 0.25) is 5.91 Å². The molecule has 2 amide bonds. The Balaban J connectivity index is 1.35. The fourth-order valence-corrected chi connectivity index (χ4v) is 4.45. The predicted octanol–water partition coefficient (Wildman–Crippen LogP) is 4.50. The Hall–Kier alpha value is -2.89. The minimum Gasteiger partial charge on any atom is -0.342 e. The van der Waals surface area contributed by atoms with Gasteiger partial charge in [-0.25, -0.2) is 4.68 Å². The Kier molecular flexibility index (Phi) is 6.31. The van der Waals surface area contributed by atoms with E-state index in [1.807, 2.05) is 46.8 Å². The molecule has 4 rings (SSSR count). The van der Waals surface area contributed by atoms with Crippen LogP contribution >= 0.6 is 0 Å². The molecule has 0 bridgehead atoms. The van der Waals surface area contributed by atoms with Gasteiger partial charge in [0.15, 0.2) is 0 Å². The van der Waals surface area contributed by atoms with Crippen LogP contribution in [0.15, 0.2) is 48.2 Å². The monoisotopic (exact) mass is 406 g/mol. The molecule has 1 N–H and O–H groups in total. The first-order valence-corrected chi connectivity index (χ1v) is 11.0. The van der Waals surface area contributed by atoms with Crippen LogP contribution < -0.4 is 5.32 Å². The molecule has 30 heavy (non-hydrogen) atoms. The van der Waals surface area contributed by atoms with Gasteiger partial charge in [-0.05, 0) is 57.1 Å². The number of carbonyl (C=O) groups excluding carboxylic acids is 2. The molecule has 6 heteroatoms. The van der Waals surface area contributed by atoms with E-state index in [9.17, 15) is 9.59 Å². The third kappa shape index (κ3) is 4.64. The van der Waals surface area contributed by atoms with Gasteiger partial charge in [0, 0.05) is 31.1 Å². The number of piperidine rings is 1. The Bertz CT molecular complexity index is 938. The number of anilines is 1. The SMILES string of the molecule is Cc1ccccc1C(=O)Nc1ccnn1C1CCN(C(=O)CC2=CCCCC2)CC1. The normalized spacial score (nSPS) is 17.5. The topological polar surface area (TPSA) is 67.2 Å². The molecule has 1 aliphatic carbocycles. The first-order chi connectivity index (χ1) is 14.6. The highest BCUT2D eigenvalue weighted by atomic mass is 16.2. The highest BCUT2D eigenvalue weighted by molar-refractivity contribution is 6.04. The quantitative estimate of drug-likeness (QED) is 0.744. The number of aromatic nitrogens is 2. The molecule has 2 heterocycles. The molecule has 0 atom stereocenters. The first-order valence-electron chi connectivity index (χ1n) is 11.0. The van der Waals surface area contributed by atoms with Gasteiger partial charge in [-0.2, -0.15) is 5.10 Å². The van der Waals surface area contributed by atoms with Crippen molar-refractivity contribution in [3.63, 3.8) is 0 Å². The number of rotatable bonds is 5. The fourth-order valence-electron chi connectivity index (χ4n) is 4.45. The van der Waals surface area contributed by atoms with Crippen molar-refractivity contribution < 1.29 is 9.59 Å². The summed E-state index contributed by atoms with van der Waals surface area (Å²) in [4.78, 5) is 27.3. The van der Waals surface area contributed by atoms with E-state index >= 15 is 0 Å². The molecule has 6 nitrogen and oxygen atoms in total. The zero-order chi connectivity index (χ0) is 20.9. The van der Waals surface area contributed by atoms with Crippen molar-refractivity contribution in [3.8, 4) is 0 Å². The first kappa shape index (κ1) is 20.4. The summed E-state index contributed by atoms with van der Waals surface area (Å²) in [6.07, 6.45) is 10.9. The number of hydrogen-bond donors (Lipinski definition) is 1. The van der Waals surface area contributed by atoms with Gasteiger partial charge < -0.3 is 10.2 Å². The van der Waals surface area contributed by atoms with Crippen molar-refractivity contribution in [1.82, 2.24) is 14.7 Å². The van der Waals surface area contributed by atoms with Crippen LogP contribution in [-0.4, -0.2) is 39.6 Å². The van der Waals surface area contributed by atoms with Crippen molar-refractivity contribution in [2.75, 3.05) is 18.4 Å². The molecule has 1 aromatic heterocycles. The average molecular weight is 407 g/mol. The van der Waals surface area contributed by atoms with Gasteiger partial charge in [-0.15, -0.1) is 0 Å². The summed E-state index contributed by atoms with van der Waals surface area (Å²) in [6, 6.07) is 9.58. The molecule has 0 saturated carbocycles. The molecule has 2 aromatic rings. The van der Waals surface area contributed by atoms with Crippen LogP contribution in [0.1, 0.15) is 66.9 Å². The number of nitrogens with zero attached hydrogens (tertiary/aromatic N) is 3. The van der Waals surface area contributed by atoms with Crippen LogP contribution in [0.2, 0.25) is 0 Å². The summed E-state index contributed by atoms with van der Waals surface area (Å²) < 4.78 is 1.90. The molecule has 1 aromatic carbocycles. The second-order valence-corrected chi connectivity index (χ2v) is 8.33. The zero-order valence-electron chi connectivity index (χ0n) is 17.6. The Morgan fingerprint density at radius 3 is 2.67 bits per heavy atom. The summed E-state index contributed by atoms with van der Waals surface area (Å²) in [5.41, 5.74) is 2.92. The summed E-state index contributed by atoms with van der Waals surface area (Å²) in [7, 11) is 0. The van der Waals surface area contributed by atoms with Crippen LogP contribution in [0.5, 0.6) is 0 Å². The van der Waals surface area contributed by atoms with E-state index in [0.717, 1.165) is 44.3 Å². The van der Waals surface area contributed by atoms with Gasteiger partial charge in [0.1, 0.15) is 5.82 Å². The van der Waals surface area contributed by atoms with E-state index in [-0.39, 0.29) is 17.9 Å². The number of nitrogens with one attached hydrogen (secondary N) is 1. The zero-order valence-corrected chi connectivity index (χ0v) is 17.6. The Morgan fingerprint density at radius 1 is 1.13 bits per heavy atom. The predicted molar refractivity (Wildman–Crippen MR) is 117 cm³/mol. The van der Waals surface area contributed by atoms with Gasteiger partial charge in [-0.1, -0.05) is 29.8 Å². The lowest BCUT2D eigenvalue weighted by atomic mass is 9.96. The molecule has 1 saturated heterocycles. The van der Waals surface area contributed by atoms with Crippen molar-refractivity contribution in [2.45, 2.75) is 57.9 Å². The smallest absolute Gasteiger partial charge is 0.257 e. The summed E-state index contributed by atoms with van der Waals surface area (Å²) >= 11 is 0. The molecule has 2 aliphatic rings. The van der Waals surface area contributed by atoms with E-state index in [0.29, 0.717) is 17.8 Å². The molecule has 0 spiro atoms. The number of allylic oxidation sites excluding steroid dienone is 1. The lowest BCUT2D eigenvalue weighted by Crippen LogP contribution is -2.39. The van der Waals surface area contributed by atoms with E-state index < -0.39 is 0 Å². The van der Waals surface area contributed by atoms with Crippen molar-refractivity contribution in [2.24, 2.45) is 0 Å². The van der Waals surface area contributed by atoms with Crippen molar-refractivity contribution in [3.05, 3.63) is 59.3 Å². The second kappa shape index (κ2) is 9.28. The molecule has 158 valence electrons. The number of likely N-dealkylation sites (tertiary alicyclic amines) is 1. The molecule has 0 unspecified atom stereocenters. The van der Waals surface area contributed by atoms with Crippen LogP contribution in [0, 0.1) is 6.92 Å². The van der Waals surface area contributed by atoms with Crippen LogP contribution in [0.25, 0.3) is 0 Å². The van der Waals surface area contributed by atoms with Crippen molar-refractivity contribution in [1.29, 1.82) is 0 Å². The van der Waals surface area contributed by atoms with E-state index in [1.54, 1.807) is 6.20 Å². The third-order valence-electron chi connectivity index (χ3n) is 6.23. The maximum atomic E-state index is 12.7. The molecule has 1 fully saturated rings. The largest absolute Gasteiger partial charge is 0.342 e. The summed E-state index contributed by atoms with van der Waals surface area (Å²) in [6.45, 7) is 3.41. The van der Waals surface area contributed by atoms with E-state index in [4.69, 9.17) is 0 Å². The number of aryl methyl sites for hydroxylation is 1. The average Bonchev–Trinajstić information content (AvgIpc) is 3.23. The summed E-state index contributed by atoms with van der Waals surface area (Å²) in [5, 5.41) is 7.47. The third-order valence-corrected chi connectivity index (χ3v) is 6.23. The van der Waals surface area contributed by atoms with Crippen molar-refractivity contribution >= 4 is 17.6 Å². The molecular formula is C24H30N4O2. The Labute approximate surface area is 178 Å². The minimum absolute atomic E-state index is 0.122. The molecule has 0 radical (unpaired) electrons. The Morgan fingerprint density at radius 2 is 1.93 bits per heavy atom. The fraction of sp³-hybridized carbons (Fsp3) is 0.458. The second-order valence-electron chi connectivity index (χ2n) is 8.33. The maximum absolute atomic E-state index is 12.7. The lowest BCUT2D eigenvalue weighted by molar-refractivity contribution is -0.131. The molecule has 1 aliphatic heterocycles. The van der Waals surface area contributed by atoms with E-state index in [2.05, 4.69) is 16.5 Å². The minimum atomic E-state index is -0.122. The van der Waals surface area contributed by atoms with Crippen LogP contribution in [0.4, 0.5) is 5.82 Å². The van der Waals surface area contributed by atoms with Crippen LogP contribution in [0.3, 0.4) is 0 Å². The van der Waals surface area contributed by atoms with Gasteiger partial charge >= 0.3 is 0 Å². The standard InChI is InChI=1S/C24H30N4O2/c1-18-7-5-6-10-21(18)24(30)26-22-11-14-25-28(22)20-12-15-27(16-13-20)23(29)17-19-8-3-2-4-9-19/h5-8,10-11,14,20H,2-4,9,12-13,15-17H2,1H3,(H,26,30). The molecular weight excluding hydrogens is 376 g/mol. The van der Waals surface area contributed by atoms with Gasteiger partial charge in [-0.3, -0.25) is 9.59 Å². The number of amides is 2. The highest BCUT2D eigenvalue weighted by Crippen LogP contribution is 2.27. The number of benzene rings is 1. The highest BCUT2D eigenvalue weighted by Gasteiger charge is 2.26. The maximum Gasteiger partial charge on any atom is 0.257 e. The van der Waals surface area contributed by atoms with Gasteiger partial charge in [0.05, 0.1) is 12.2 Å². The number of carbonyl (C=O) groups is 2. The van der Waals surface area contributed by atoms with Crippen LogP contribution in [-0.2, 0) is 4.79 Å². The van der Waals surface area contributed by atoms with Gasteiger partial charge in [0.25, 0.3) is 5.91 Å². The lowest BCUT2D eigenvalue weighted by Gasteiger charge is -2.33. The number of hydrogen-bond acceptors (Lipinski definition) is 3. The van der Waals surface area contributed by atoms with E-state index in [1.165, 1.54) is 18.4 Å².